The summed E-state index contributed by atoms with van der Waals surface area (Å²) in [5.41, 5.74) is 0.804. The van der Waals surface area contributed by atoms with Gasteiger partial charge >= 0.3 is 11.9 Å². The van der Waals surface area contributed by atoms with Crippen LogP contribution in [0.15, 0.2) is 83.5 Å². The van der Waals surface area contributed by atoms with Crippen LogP contribution in [0.4, 0.5) is 0 Å². The normalized spacial score (nSPS) is 25.8. The molecule has 0 saturated heterocycles. The van der Waals surface area contributed by atoms with Gasteiger partial charge in [0.25, 0.3) is 0 Å². The number of ether oxygens (including phenoxy) is 1. The number of carboxylic acids is 1. The molecule has 0 amide bonds. The third-order valence-electron chi connectivity index (χ3n) is 6.98. The predicted octanol–water partition coefficient (Wildman–Crippen LogP) is 3.09. The van der Waals surface area contributed by atoms with Crippen molar-refractivity contribution in [1.29, 1.82) is 0 Å². The molecule has 0 radical (unpaired) electrons. The number of aliphatic hydroxyl groups is 6. The second kappa shape index (κ2) is 20.2. The number of halogens is 1. The SMILES string of the molecule is CC(/C=C/C=C/C(=O)OC1CC(C(=O)O)CC(O)C1O)=C\C=C\C=C(/Cl)C(C)C(O)C(O)C(O)CC(O)/C=C/C=C/C(C)C. The zero-order chi connectivity index (χ0) is 33.4. The van der Waals surface area contributed by atoms with Crippen molar-refractivity contribution < 1.29 is 50.1 Å². The van der Waals surface area contributed by atoms with Gasteiger partial charge in [0.2, 0.25) is 0 Å². The van der Waals surface area contributed by atoms with Crippen LogP contribution in [-0.2, 0) is 14.3 Å². The first-order valence-corrected chi connectivity index (χ1v) is 14.9. The molecule has 7 N–H and O–H groups in total. The molecule has 11 heteroatoms. The molecule has 9 unspecified atom stereocenters. The zero-order valence-electron chi connectivity index (χ0n) is 25.6. The molecule has 9 atom stereocenters. The predicted molar refractivity (Wildman–Crippen MR) is 168 cm³/mol. The Bertz CT molecular complexity index is 1120. The van der Waals surface area contributed by atoms with Crippen molar-refractivity contribution in [2.24, 2.45) is 17.8 Å². The summed E-state index contributed by atoms with van der Waals surface area (Å²) < 4.78 is 5.13. The molecule has 0 aromatic rings. The molecule has 1 aliphatic carbocycles. The maximum absolute atomic E-state index is 12.1. The Hall–Kier alpha value is -2.83. The molecule has 0 heterocycles. The fraction of sp³-hybridized carbons (Fsp3) is 0.515. The Balaban J connectivity index is 2.59. The van der Waals surface area contributed by atoms with E-state index in [4.69, 9.17) is 21.4 Å². The molecular weight excluding hydrogens is 592 g/mol. The third-order valence-corrected chi connectivity index (χ3v) is 7.45. The van der Waals surface area contributed by atoms with Crippen molar-refractivity contribution in [3.8, 4) is 0 Å². The highest BCUT2D eigenvalue weighted by Gasteiger charge is 2.40. The van der Waals surface area contributed by atoms with Gasteiger partial charge in [0, 0.05) is 29.9 Å². The average molecular weight is 639 g/mol. The molecule has 0 aromatic carbocycles. The average Bonchev–Trinajstić information content (AvgIpc) is 2.96. The molecule has 1 saturated carbocycles. The van der Waals surface area contributed by atoms with E-state index in [0.29, 0.717) is 5.92 Å². The number of aliphatic carboxylic acids is 1. The van der Waals surface area contributed by atoms with Gasteiger partial charge in [-0.2, -0.15) is 0 Å². The van der Waals surface area contributed by atoms with E-state index in [1.54, 1.807) is 62.5 Å². The minimum absolute atomic E-state index is 0.0885. The summed E-state index contributed by atoms with van der Waals surface area (Å²) in [4.78, 5) is 23.3. The van der Waals surface area contributed by atoms with Crippen LogP contribution in [-0.4, -0.2) is 90.4 Å². The number of allylic oxidation sites excluding steroid dienone is 11. The van der Waals surface area contributed by atoms with Crippen molar-refractivity contribution in [3.63, 3.8) is 0 Å². The van der Waals surface area contributed by atoms with E-state index in [2.05, 4.69) is 0 Å². The van der Waals surface area contributed by atoms with Crippen molar-refractivity contribution in [2.45, 2.75) is 89.7 Å². The van der Waals surface area contributed by atoms with Crippen molar-refractivity contribution in [3.05, 3.63) is 83.5 Å². The van der Waals surface area contributed by atoms with Gasteiger partial charge in [-0.25, -0.2) is 4.79 Å². The van der Waals surface area contributed by atoms with Crippen molar-refractivity contribution >= 4 is 23.5 Å². The highest BCUT2D eigenvalue weighted by Crippen LogP contribution is 2.28. The summed E-state index contributed by atoms with van der Waals surface area (Å²) in [5, 5.41) is 70.4. The lowest BCUT2D eigenvalue weighted by molar-refractivity contribution is -0.170. The van der Waals surface area contributed by atoms with Crippen LogP contribution in [0.1, 0.15) is 47.0 Å². The molecule has 0 bridgehead atoms. The molecule has 0 spiro atoms. The first-order valence-electron chi connectivity index (χ1n) is 14.6. The van der Waals surface area contributed by atoms with Gasteiger partial charge in [-0.3, -0.25) is 4.79 Å². The largest absolute Gasteiger partial charge is 0.481 e. The molecular formula is C33H47ClO10. The smallest absolute Gasteiger partial charge is 0.331 e. The minimum Gasteiger partial charge on any atom is -0.481 e. The lowest BCUT2D eigenvalue weighted by Crippen LogP contribution is -2.48. The van der Waals surface area contributed by atoms with Crippen LogP contribution < -0.4 is 0 Å². The Kier molecular flexibility index (Phi) is 18.0. The van der Waals surface area contributed by atoms with Crippen LogP contribution >= 0.6 is 11.6 Å². The molecule has 246 valence electrons. The highest BCUT2D eigenvalue weighted by atomic mass is 35.5. The van der Waals surface area contributed by atoms with E-state index < -0.39 is 66.5 Å². The van der Waals surface area contributed by atoms with Crippen LogP contribution in [0.3, 0.4) is 0 Å². The molecule has 1 fully saturated rings. The van der Waals surface area contributed by atoms with E-state index in [0.717, 1.165) is 11.6 Å². The number of esters is 1. The number of carbonyl (C=O) groups is 2. The fourth-order valence-corrected chi connectivity index (χ4v) is 4.44. The van der Waals surface area contributed by atoms with Gasteiger partial charge in [-0.1, -0.05) is 98.7 Å². The molecule has 1 rings (SSSR count). The fourth-order valence-electron chi connectivity index (χ4n) is 4.24. The summed E-state index contributed by atoms with van der Waals surface area (Å²) in [6.45, 7) is 7.44. The number of hydrogen-bond donors (Lipinski definition) is 7. The van der Waals surface area contributed by atoms with Gasteiger partial charge in [0.15, 0.2) is 0 Å². The lowest BCUT2D eigenvalue weighted by atomic mass is 9.83. The summed E-state index contributed by atoms with van der Waals surface area (Å²) in [6, 6.07) is 0. The van der Waals surface area contributed by atoms with Gasteiger partial charge in [0.05, 0.1) is 30.3 Å². The number of rotatable bonds is 16. The lowest BCUT2D eigenvalue weighted by Gasteiger charge is -2.34. The van der Waals surface area contributed by atoms with Gasteiger partial charge in [-0.15, -0.1) is 0 Å². The summed E-state index contributed by atoms with van der Waals surface area (Å²) in [7, 11) is 0. The Morgan fingerprint density at radius 1 is 0.864 bits per heavy atom. The molecule has 44 heavy (non-hydrogen) atoms. The van der Waals surface area contributed by atoms with Crippen LogP contribution in [0.2, 0.25) is 0 Å². The summed E-state index contributed by atoms with van der Waals surface area (Å²) in [6.07, 6.45) is 9.92. The molecule has 10 nitrogen and oxygen atoms in total. The Morgan fingerprint density at radius 2 is 1.48 bits per heavy atom. The summed E-state index contributed by atoms with van der Waals surface area (Å²) in [5.74, 6) is -3.16. The second-order valence-corrected chi connectivity index (χ2v) is 11.7. The van der Waals surface area contributed by atoms with Crippen LogP contribution in [0.5, 0.6) is 0 Å². The van der Waals surface area contributed by atoms with Gasteiger partial charge in [-0.05, 0) is 25.3 Å². The van der Waals surface area contributed by atoms with Crippen molar-refractivity contribution in [1.82, 2.24) is 0 Å². The highest BCUT2D eigenvalue weighted by molar-refractivity contribution is 6.30. The minimum atomic E-state index is -1.52. The van der Waals surface area contributed by atoms with Crippen molar-refractivity contribution in [2.75, 3.05) is 0 Å². The Morgan fingerprint density at radius 3 is 2.11 bits per heavy atom. The van der Waals surface area contributed by atoms with Gasteiger partial charge < -0.3 is 40.5 Å². The topological polar surface area (TPSA) is 185 Å². The van der Waals surface area contributed by atoms with E-state index in [9.17, 15) is 40.2 Å². The van der Waals surface area contributed by atoms with E-state index >= 15 is 0 Å². The molecule has 1 aliphatic rings. The zero-order valence-corrected chi connectivity index (χ0v) is 26.3. The Labute approximate surface area is 264 Å². The quantitative estimate of drug-likeness (QED) is 0.0753. The van der Waals surface area contributed by atoms with Crippen LogP contribution in [0.25, 0.3) is 0 Å². The second-order valence-electron chi connectivity index (χ2n) is 11.3. The molecule has 0 aliphatic heterocycles. The van der Waals surface area contributed by atoms with Crippen LogP contribution in [0, 0.1) is 17.8 Å². The monoisotopic (exact) mass is 638 g/mol. The van der Waals surface area contributed by atoms with E-state index in [1.807, 2.05) is 19.9 Å². The number of carboxylic acid groups (broad SMARTS) is 1. The summed E-state index contributed by atoms with van der Waals surface area (Å²) >= 11 is 6.29. The van der Waals surface area contributed by atoms with E-state index in [-0.39, 0.29) is 24.3 Å². The van der Waals surface area contributed by atoms with Gasteiger partial charge in [0.1, 0.15) is 18.3 Å². The number of carbonyl (C=O) groups excluding carboxylic acids is 1. The standard InChI is InChI=1S/C33H47ClO10/c1-20(2)11-5-8-14-24(35)19-27(37)32(41)30(39)22(4)25(34)15-9-6-12-21(3)13-7-10-16-29(38)44-28-18-23(33(42)43)17-26(36)31(28)40/h5-16,20,22-24,26-28,30-32,35-37,39-41H,17-19H2,1-4H3,(H,42,43)/b9-6+,11-5+,13-7+,14-8+,16-10+,21-12+,25-15-. The first kappa shape index (κ1) is 39.2. The first-order chi connectivity index (χ1) is 20.6. The van der Waals surface area contributed by atoms with E-state index in [1.165, 1.54) is 12.2 Å². The maximum atomic E-state index is 12.1. The number of hydrogen-bond acceptors (Lipinski definition) is 9. The third kappa shape index (κ3) is 14.8. The number of aliphatic hydroxyl groups excluding tert-OH is 6. The molecule has 0 aromatic heterocycles. The maximum Gasteiger partial charge on any atom is 0.331 e.